The van der Waals surface area contributed by atoms with E-state index in [1.165, 1.54) is 13.2 Å². The van der Waals surface area contributed by atoms with E-state index in [0.29, 0.717) is 28.4 Å². The van der Waals surface area contributed by atoms with Crippen LogP contribution in [0.25, 0.3) is 5.69 Å². The van der Waals surface area contributed by atoms with Crippen molar-refractivity contribution in [2.45, 2.75) is 13.1 Å². The van der Waals surface area contributed by atoms with E-state index >= 15 is 0 Å². The number of amides is 1. The first kappa shape index (κ1) is 28.1. The average molecular weight is 549 g/mol. The molecule has 1 aromatic heterocycles. The van der Waals surface area contributed by atoms with Gasteiger partial charge in [0.2, 0.25) is 0 Å². The first-order valence-corrected chi connectivity index (χ1v) is 11.2. The Morgan fingerprint density at radius 2 is 2.05 bits per heavy atom. The lowest BCUT2D eigenvalue weighted by Gasteiger charge is -2.12. The molecule has 7 N–H and O–H groups in total. The van der Waals surface area contributed by atoms with Gasteiger partial charge in [-0.15, -0.1) is 5.10 Å². The van der Waals surface area contributed by atoms with Gasteiger partial charge in [0.05, 0.1) is 34.8 Å². The normalized spacial score (nSPS) is 12.0. The third-order valence-electron chi connectivity index (χ3n) is 5.14. The Balaban J connectivity index is 1.83. The van der Waals surface area contributed by atoms with Crippen LogP contribution in [0, 0.1) is 12.3 Å². The molecule has 0 aliphatic carbocycles. The average Bonchev–Trinajstić information content (AvgIpc) is 3.24. The van der Waals surface area contributed by atoms with E-state index in [-0.39, 0.29) is 22.0 Å². The van der Waals surface area contributed by atoms with Gasteiger partial charge in [-0.25, -0.2) is 4.68 Å². The van der Waals surface area contributed by atoms with E-state index in [1.54, 1.807) is 35.1 Å². The van der Waals surface area contributed by atoms with E-state index in [0.717, 1.165) is 24.2 Å². The molecule has 200 valence electrons. The molecule has 1 heterocycles. The second-order valence-electron chi connectivity index (χ2n) is 7.85. The molecule has 0 unspecified atom stereocenters. The summed E-state index contributed by atoms with van der Waals surface area (Å²) in [4.78, 5) is 16.0. The number of allylic oxidation sites excluding steroid dienone is 1. The van der Waals surface area contributed by atoms with Crippen molar-refractivity contribution in [2.24, 2.45) is 10.7 Å². The van der Waals surface area contributed by atoms with E-state index in [4.69, 9.17) is 33.2 Å². The smallest absolute Gasteiger partial charge is 0.407 e. The maximum atomic E-state index is 12.7. The molecular weight excluding hydrogens is 525 g/mol. The molecule has 0 saturated heterocycles. The summed E-state index contributed by atoms with van der Waals surface area (Å²) in [7, 11) is 1.37. The van der Waals surface area contributed by atoms with Crippen LogP contribution in [-0.2, 0) is 0 Å². The molecule has 3 aromatic rings. The van der Waals surface area contributed by atoms with Gasteiger partial charge in [-0.1, -0.05) is 11.6 Å². The fraction of sp³-hybridized carbons (Fsp3) is 0.167. The third-order valence-corrected chi connectivity index (χ3v) is 5.55. The Bertz CT molecular complexity index is 1420. The molecule has 0 aliphatic rings. The van der Waals surface area contributed by atoms with Crippen LogP contribution < -0.4 is 26.8 Å². The number of methoxy groups -OCH3 is 1. The van der Waals surface area contributed by atoms with Gasteiger partial charge in [0.1, 0.15) is 12.3 Å². The zero-order valence-corrected chi connectivity index (χ0v) is 21.0. The predicted octanol–water partition coefficient (Wildman–Crippen LogP) is 4.33. The van der Waals surface area contributed by atoms with E-state index < -0.39 is 18.6 Å². The molecule has 0 saturated carbocycles. The molecular formula is C24H24ClF3N8O2. The fourth-order valence-electron chi connectivity index (χ4n) is 3.27. The highest BCUT2D eigenvalue weighted by atomic mass is 35.5. The lowest BCUT2D eigenvalue weighted by molar-refractivity contribution is -0.118. The van der Waals surface area contributed by atoms with E-state index in [1.807, 2.05) is 6.92 Å². The predicted molar refractivity (Wildman–Crippen MR) is 141 cm³/mol. The van der Waals surface area contributed by atoms with Crippen molar-refractivity contribution in [1.29, 1.82) is 5.41 Å². The quantitative estimate of drug-likeness (QED) is 0.198. The van der Waals surface area contributed by atoms with Crippen molar-refractivity contribution in [3.05, 3.63) is 70.1 Å². The van der Waals surface area contributed by atoms with Gasteiger partial charge in [-0.05, 0) is 31.2 Å². The number of aryl methyl sites for hydroxylation is 1. The molecule has 38 heavy (non-hydrogen) atoms. The van der Waals surface area contributed by atoms with Crippen LogP contribution in [0.3, 0.4) is 0 Å². The number of nitrogen functional groups attached to an aromatic ring is 1. The lowest BCUT2D eigenvalue weighted by atomic mass is 10.1. The maximum absolute atomic E-state index is 12.7. The number of nitrogens with one attached hydrogen (secondary N) is 3. The third kappa shape index (κ3) is 6.62. The summed E-state index contributed by atoms with van der Waals surface area (Å²) in [5, 5.41) is 17.8. The summed E-state index contributed by atoms with van der Waals surface area (Å²) in [6, 6.07) is 7.96. The number of hydrogen-bond donors (Lipinski definition) is 5. The highest BCUT2D eigenvalue weighted by molar-refractivity contribution is 6.36. The number of hydrogen-bond acceptors (Lipinski definition) is 8. The summed E-state index contributed by atoms with van der Waals surface area (Å²) in [5.41, 5.74) is 13.8. The Morgan fingerprint density at radius 1 is 1.32 bits per heavy atom. The number of benzene rings is 2. The van der Waals surface area contributed by atoms with Crippen molar-refractivity contribution in [3.8, 4) is 11.4 Å². The van der Waals surface area contributed by atoms with Crippen molar-refractivity contribution < 1.29 is 22.7 Å². The number of aromatic nitrogens is 2. The Kier molecular flexibility index (Phi) is 8.63. The van der Waals surface area contributed by atoms with Crippen molar-refractivity contribution in [3.63, 3.8) is 0 Å². The number of ether oxygens (including phenoxy) is 1. The van der Waals surface area contributed by atoms with Crippen LogP contribution >= 0.6 is 11.6 Å². The number of nitrogens with two attached hydrogens (primary N) is 2. The van der Waals surface area contributed by atoms with Crippen molar-refractivity contribution in [1.82, 2.24) is 15.1 Å². The minimum absolute atomic E-state index is 0.106. The summed E-state index contributed by atoms with van der Waals surface area (Å²) >= 11 is 6.37. The van der Waals surface area contributed by atoms with Gasteiger partial charge in [0.15, 0.2) is 5.82 Å². The summed E-state index contributed by atoms with van der Waals surface area (Å²) in [6.07, 6.45) is 0.0832. The van der Waals surface area contributed by atoms with Gasteiger partial charge in [-0.2, -0.15) is 13.2 Å². The highest BCUT2D eigenvalue weighted by Gasteiger charge is 2.26. The number of carbonyl (C=O) groups is 1. The Labute approximate surface area is 220 Å². The second kappa shape index (κ2) is 11.7. The molecule has 0 bridgehead atoms. The van der Waals surface area contributed by atoms with Crippen LogP contribution in [0.15, 0.2) is 53.4 Å². The van der Waals surface area contributed by atoms with Crippen LogP contribution in [0.1, 0.15) is 21.5 Å². The highest BCUT2D eigenvalue weighted by Crippen LogP contribution is 2.32. The molecule has 2 aromatic carbocycles. The number of aliphatic imine (C=N–C) groups is 1. The van der Waals surface area contributed by atoms with E-state index in [2.05, 4.69) is 20.7 Å². The van der Waals surface area contributed by atoms with E-state index in [9.17, 15) is 18.0 Å². The van der Waals surface area contributed by atoms with Gasteiger partial charge in [-0.3, -0.25) is 9.79 Å². The standard InChI is InChI=1S/C24H24ClF3N8O2/c1-13-11-36(35-22(13)34-19-6-5-18(31)17(9-30)21(19)25)15-3-4-16(20(7-15)38-2)23(37)33-14(8-29)10-32-12-24(26,27)28/h3-11,30H,12,29,31H2,1-2H3,(H,33,37)(H,34,35)/b14-8+,30-9?,32-10?. The molecule has 14 heteroatoms. The fourth-order valence-corrected chi connectivity index (χ4v) is 3.54. The Hall–Kier alpha value is -4.52. The van der Waals surface area contributed by atoms with Gasteiger partial charge < -0.3 is 32.2 Å². The van der Waals surface area contributed by atoms with Gasteiger partial charge in [0, 0.05) is 47.7 Å². The minimum Gasteiger partial charge on any atom is -0.496 e. The molecule has 0 radical (unpaired) electrons. The van der Waals surface area contributed by atoms with Crippen LogP contribution in [-0.4, -0.2) is 47.9 Å². The van der Waals surface area contributed by atoms with Crippen molar-refractivity contribution in [2.75, 3.05) is 24.7 Å². The Morgan fingerprint density at radius 3 is 2.68 bits per heavy atom. The SMILES string of the molecule is COc1cc(-n2cc(C)c(Nc3ccc(N)c(C=N)c3Cl)n2)ccc1C(=O)N/C(C=NCC(F)(F)F)=C/N. The maximum Gasteiger partial charge on any atom is 0.407 e. The van der Waals surface area contributed by atoms with Crippen LogP contribution in [0.4, 0.5) is 30.4 Å². The molecule has 0 fully saturated rings. The zero-order chi connectivity index (χ0) is 28.0. The zero-order valence-electron chi connectivity index (χ0n) is 20.2. The summed E-state index contributed by atoms with van der Waals surface area (Å²) < 4.78 is 43.9. The summed E-state index contributed by atoms with van der Waals surface area (Å²) in [5.74, 6) is 0.00952. The van der Waals surface area contributed by atoms with Crippen LogP contribution in [0.2, 0.25) is 5.02 Å². The number of anilines is 3. The number of halogens is 4. The molecule has 3 rings (SSSR count). The monoisotopic (exact) mass is 548 g/mol. The first-order valence-electron chi connectivity index (χ1n) is 10.9. The number of alkyl halides is 3. The minimum atomic E-state index is -4.48. The number of rotatable bonds is 9. The summed E-state index contributed by atoms with van der Waals surface area (Å²) in [6.45, 7) is 0.418. The van der Waals surface area contributed by atoms with Crippen molar-refractivity contribution >= 4 is 47.1 Å². The molecule has 0 aliphatic heterocycles. The molecule has 0 spiro atoms. The topological polar surface area (TPSA) is 156 Å². The number of nitrogens with zero attached hydrogens (tertiary/aromatic N) is 3. The van der Waals surface area contributed by atoms with Gasteiger partial charge >= 0.3 is 6.18 Å². The molecule has 1 amide bonds. The molecule has 0 atom stereocenters. The van der Waals surface area contributed by atoms with Gasteiger partial charge in [0.25, 0.3) is 5.91 Å². The lowest BCUT2D eigenvalue weighted by Crippen LogP contribution is -2.25. The largest absolute Gasteiger partial charge is 0.496 e. The number of carbonyl (C=O) groups excluding carboxylic acids is 1. The van der Waals surface area contributed by atoms with Crippen LogP contribution in [0.5, 0.6) is 5.75 Å². The second-order valence-corrected chi connectivity index (χ2v) is 8.23. The molecule has 10 nitrogen and oxygen atoms in total. The first-order chi connectivity index (χ1) is 18.0.